The molecule has 0 aliphatic heterocycles. The van der Waals surface area contributed by atoms with Gasteiger partial charge in [-0.3, -0.25) is 9.97 Å². The van der Waals surface area contributed by atoms with Crippen LogP contribution in [0, 0.1) is 0 Å². The van der Waals surface area contributed by atoms with E-state index >= 15 is 0 Å². The second-order valence-electron chi connectivity index (χ2n) is 8.04. The van der Waals surface area contributed by atoms with Crippen LogP contribution in [0.4, 0.5) is 11.4 Å². The van der Waals surface area contributed by atoms with Crippen molar-refractivity contribution in [2.24, 2.45) is 0 Å². The molecule has 0 fully saturated rings. The number of nitrogens with zero attached hydrogens (tertiary/aromatic N) is 2. The topological polar surface area (TPSA) is 75.1 Å². The van der Waals surface area contributed by atoms with Crippen molar-refractivity contribution in [3.8, 4) is 0 Å². The maximum Gasteiger partial charge on any atom is 0.335 e. The molecule has 1 aliphatic carbocycles. The van der Waals surface area contributed by atoms with Crippen molar-refractivity contribution in [2.45, 2.75) is 12.8 Å². The highest BCUT2D eigenvalue weighted by Gasteiger charge is 2.16. The van der Waals surface area contributed by atoms with Crippen LogP contribution in [0.5, 0.6) is 0 Å². The van der Waals surface area contributed by atoms with Crippen molar-refractivity contribution in [2.75, 3.05) is 5.32 Å². The van der Waals surface area contributed by atoms with E-state index in [1.807, 2.05) is 48.8 Å². The van der Waals surface area contributed by atoms with Gasteiger partial charge >= 0.3 is 5.97 Å². The lowest BCUT2D eigenvalue weighted by molar-refractivity contribution is 0.0697. The zero-order valence-electron chi connectivity index (χ0n) is 17.2. The van der Waals surface area contributed by atoms with E-state index in [1.165, 1.54) is 11.1 Å². The molecule has 5 nitrogen and oxygen atoms in total. The summed E-state index contributed by atoms with van der Waals surface area (Å²) in [6.07, 6.45) is 9.94. The Balaban J connectivity index is 1.57. The van der Waals surface area contributed by atoms with Crippen molar-refractivity contribution in [3.05, 3.63) is 95.8 Å². The van der Waals surface area contributed by atoms with E-state index in [2.05, 4.69) is 28.5 Å². The summed E-state index contributed by atoms with van der Waals surface area (Å²) in [5, 5.41) is 17.1. The summed E-state index contributed by atoms with van der Waals surface area (Å²) in [7, 11) is 0. The van der Waals surface area contributed by atoms with Gasteiger partial charge in [-0.05, 0) is 47.6 Å². The van der Waals surface area contributed by atoms with Crippen LogP contribution in [0.15, 0.2) is 79.1 Å². The van der Waals surface area contributed by atoms with Gasteiger partial charge in [-0.1, -0.05) is 48.6 Å². The number of nitrogens with one attached hydrogen (secondary N) is 1. The van der Waals surface area contributed by atoms with Gasteiger partial charge in [0.25, 0.3) is 0 Å². The highest BCUT2D eigenvalue weighted by Crippen LogP contribution is 2.35. The smallest absolute Gasteiger partial charge is 0.335 e. The van der Waals surface area contributed by atoms with E-state index in [0.29, 0.717) is 5.69 Å². The number of aromatic nitrogens is 2. The Morgan fingerprint density at radius 3 is 2.50 bits per heavy atom. The number of fused-ring (bicyclic) bond motifs is 6. The van der Waals surface area contributed by atoms with Gasteiger partial charge in [-0.2, -0.15) is 0 Å². The standard InChI is InChI=1S/C27H19N3O2/c31-27(32)18-12-22-20-9-4-2-7-17(20)15-29-26(22)24(13-18)30-23-11-5-10-21-19-8-3-1-6-16(19)14-28-25(21)23/h1-5,7,9-15,30H,6,8H2,(H,31,32). The quantitative estimate of drug-likeness (QED) is 0.277. The number of anilines is 2. The Labute approximate surface area is 184 Å². The maximum atomic E-state index is 11.9. The minimum Gasteiger partial charge on any atom is -0.478 e. The third kappa shape index (κ3) is 2.90. The summed E-state index contributed by atoms with van der Waals surface area (Å²) in [6.45, 7) is 0. The second-order valence-corrected chi connectivity index (χ2v) is 8.04. The predicted molar refractivity (Wildman–Crippen MR) is 128 cm³/mol. The van der Waals surface area contributed by atoms with Crippen molar-refractivity contribution < 1.29 is 9.90 Å². The first-order valence-electron chi connectivity index (χ1n) is 10.6. The molecule has 32 heavy (non-hydrogen) atoms. The molecule has 1 aliphatic rings. The molecule has 0 unspecified atom stereocenters. The van der Waals surface area contributed by atoms with Crippen molar-refractivity contribution in [3.63, 3.8) is 0 Å². The number of pyridine rings is 2. The molecule has 0 radical (unpaired) electrons. The number of para-hydroxylation sites is 1. The Bertz CT molecular complexity index is 1590. The van der Waals surface area contributed by atoms with Gasteiger partial charge < -0.3 is 10.4 Å². The van der Waals surface area contributed by atoms with Crippen LogP contribution >= 0.6 is 0 Å². The molecule has 5 heteroatoms. The lowest BCUT2D eigenvalue weighted by atomic mass is 9.94. The lowest BCUT2D eigenvalue weighted by Crippen LogP contribution is -2.03. The summed E-state index contributed by atoms with van der Waals surface area (Å²) in [5.74, 6) is -0.972. The van der Waals surface area contributed by atoms with Gasteiger partial charge in [0, 0.05) is 28.6 Å². The van der Waals surface area contributed by atoms with Gasteiger partial charge in [0.1, 0.15) is 0 Å². The first-order chi connectivity index (χ1) is 15.7. The van der Waals surface area contributed by atoms with Gasteiger partial charge in [-0.15, -0.1) is 0 Å². The second kappa shape index (κ2) is 7.17. The predicted octanol–water partition coefficient (Wildman–Crippen LogP) is 6.03. The van der Waals surface area contributed by atoms with Crippen LogP contribution < -0.4 is 5.32 Å². The number of carbonyl (C=O) groups is 1. The number of hydrogen-bond acceptors (Lipinski definition) is 4. The average molecular weight is 417 g/mol. The Hall–Kier alpha value is -4.25. The summed E-state index contributed by atoms with van der Waals surface area (Å²) in [6, 6.07) is 17.3. The zero-order chi connectivity index (χ0) is 21.7. The van der Waals surface area contributed by atoms with Crippen molar-refractivity contribution in [1.82, 2.24) is 9.97 Å². The zero-order valence-corrected chi connectivity index (χ0v) is 17.2. The molecule has 6 rings (SSSR count). The van der Waals surface area contributed by atoms with Gasteiger partial charge in [0.2, 0.25) is 0 Å². The molecule has 0 saturated heterocycles. The highest BCUT2D eigenvalue weighted by atomic mass is 16.4. The molecule has 2 aromatic heterocycles. The molecule has 2 heterocycles. The summed E-state index contributed by atoms with van der Waals surface area (Å²) >= 11 is 0. The number of hydrogen-bond donors (Lipinski definition) is 2. The van der Waals surface area contributed by atoms with Crippen molar-refractivity contribution in [1.29, 1.82) is 0 Å². The van der Waals surface area contributed by atoms with Crippen LogP contribution in [0.2, 0.25) is 0 Å². The minimum absolute atomic E-state index is 0.217. The fourth-order valence-electron chi connectivity index (χ4n) is 4.58. The summed E-state index contributed by atoms with van der Waals surface area (Å²) in [5.41, 5.74) is 5.85. The first-order valence-corrected chi connectivity index (χ1v) is 10.6. The molecule has 0 saturated carbocycles. The monoisotopic (exact) mass is 417 g/mol. The maximum absolute atomic E-state index is 11.9. The fourth-order valence-corrected chi connectivity index (χ4v) is 4.58. The lowest BCUT2D eigenvalue weighted by Gasteiger charge is -2.17. The molecule has 2 N–H and O–H groups in total. The molecular weight excluding hydrogens is 398 g/mol. The van der Waals surface area contributed by atoms with Crippen LogP contribution in [-0.2, 0) is 12.8 Å². The normalized spacial score (nSPS) is 12.9. The molecule has 0 bridgehead atoms. The van der Waals surface area contributed by atoms with Gasteiger partial charge in [0.15, 0.2) is 0 Å². The van der Waals surface area contributed by atoms with E-state index in [9.17, 15) is 9.90 Å². The van der Waals surface area contributed by atoms with E-state index in [1.54, 1.807) is 12.1 Å². The third-order valence-electron chi connectivity index (χ3n) is 6.13. The highest BCUT2D eigenvalue weighted by molar-refractivity contribution is 6.12. The van der Waals surface area contributed by atoms with Crippen molar-refractivity contribution >= 4 is 49.9 Å². The molecule has 0 amide bonds. The largest absolute Gasteiger partial charge is 0.478 e. The number of rotatable bonds is 3. The van der Waals surface area contributed by atoms with Crippen LogP contribution in [0.3, 0.4) is 0 Å². The molecule has 3 aromatic carbocycles. The first kappa shape index (κ1) is 18.5. The number of carboxylic acids is 1. The molecule has 154 valence electrons. The van der Waals surface area contributed by atoms with Crippen LogP contribution in [0.25, 0.3) is 32.6 Å². The molecular formula is C27H19N3O2. The Morgan fingerprint density at radius 2 is 1.59 bits per heavy atom. The number of carboxylic acid groups (broad SMARTS) is 1. The molecule has 0 atom stereocenters. The fraction of sp³-hybridized carbons (Fsp3) is 0.0741. The third-order valence-corrected chi connectivity index (χ3v) is 6.13. The number of aromatic carboxylic acids is 1. The minimum atomic E-state index is -0.972. The molecule has 5 aromatic rings. The van der Waals surface area contributed by atoms with Gasteiger partial charge in [-0.25, -0.2) is 4.79 Å². The van der Waals surface area contributed by atoms with E-state index in [4.69, 9.17) is 4.98 Å². The Kier molecular flexibility index (Phi) is 4.15. The Morgan fingerprint density at radius 1 is 0.812 bits per heavy atom. The SMILES string of the molecule is O=C(O)c1cc(Nc2cccc3c4c(cnc23)CC=CC4)c2ncc3ccccc3c2c1. The number of benzene rings is 3. The van der Waals surface area contributed by atoms with E-state index in [-0.39, 0.29) is 5.56 Å². The van der Waals surface area contributed by atoms with Gasteiger partial charge in [0.05, 0.1) is 28.0 Å². The van der Waals surface area contributed by atoms with E-state index in [0.717, 1.165) is 51.1 Å². The average Bonchev–Trinajstić information content (AvgIpc) is 2.83. The van der Waals surface area contributed by atoms with E-state index < -0.39 is 5.97 Å². The summed E-state index contributed by atoms with van der Waals surface area (Å²) < 4.78 is 0. The van der Waals surface area contributed by atoms with Crippen LogP contribution in [0.1, 0.15) is 21.5 Å². The number of allylic oxidation sites excluding steroid dienone is 2. The summed E-state index contributed by atoms with van der Waals surface area (Å²) in [4.78, 5) is 21.3. The van der Waals surface area contributed by atoms with Crippen LogP contribution in [-0.4, -0.2) is 21.0 Å². The molecule has 0 spiro atoms.